The Labute approximate surface area is 118 Å². The van der Waals surface area contributed by atoms with Gasteiger partial charge in [-0.2, -0.15) is 0 Å². The number of amides is 1. The molecule has 2 aliphatic carbocycles. The topological polar surface area (TPSA) is 20.3 Å². The lowest BCUT2D eigenvalue weighted by molar-refractivity contribution is -0.132. The first-order valence-electron chi connectivity index (χ1n) is 7.88. The molecule has 108 valence electrons. The van der Waals surface area contributed by atoms with E-state index in [1.807, 2.05) is 0 Å². The van der Waals surface area contributed by atoms with Gasteiger partial charge in [0.25, 0.3) is 0 Å². The third-order valence-electron chi connectivity index (χ3n) is 4.87. The third-order valence-corrected chi connectivity index (χ3v) is 4.87. The molecule has 0 saturated heterocycles. The SMILES string of the molecule is CCN(CC1CC1(C)CCC=C(C)C)C(=O)C1CC1. The Morgan fingerprint density at radius 2 is 2.05 bits per heavy atom. The van der Waals surface area contributed by atoms with Crippen molar-refractivity contribution in [1.82, 2.24) is 4.90 Å². The molecule has 2 rings (SSSR count). The van der Waals surface area contributed by atoms with Gasteiger partial charge in [-0.25, -0.2) is 0 Å². The monoisotopic (exact) mass is 263 g/mol. The zero-order chi connectivity index (χ0) is 14.0. The van der Waals surface area contributed by atoms with E-state index in [1.165, 1.54) is 24.8 Å². The highest BCUT2D eigenvalue weighted by atomic mass is 16.2. The summed E-state index contributed by atoms with van der Waals surface area (Å²) < 4.78 is 0. The van der Waals surface area contributed by atoms with E-state index in [-0.39, 0.29) is 0 Å². The average molecular weight is 263 g/mol. The van der Waals surface area contributed by atoms with Crippen molar-refractivity contribution in [1.29, 1.82) is 0 Å². The molecule has 2 aliphatic rings. The quantitative estimate of drug-likeness (QED) is 0.635. The summed E-state index contributed by atoms with van der Waals surface area (Å²) in [6, 6.07) is 0. The van der Waals surface area contributed by atoms with Gasteiger partial charge < -0.3 is 4.90 Å². The van der Waals surface area contributed by atoms with Gasteiger partial charge in [0.1, 0.15) is 0 Å². The Bertz CT molecular complexity index is 365. The maximum absolute atomic E-state index is 12.1. The molecule has 19 heavy (non-hydrogen) atoms. The minimum absolute atomic E-state index is 0.371. The van der Waals surface area contributed by atoms with Gasteiger partial charge in [-0.3, -0.25) is 4.79 Å². The second-order valence-corrected chi connectivity index (χ2v) is 7.03. The van der Waals surface area contributed by atoms with Gasteiger partial charge >= 0.3 is 0 Å². The van der Waals surface area contributed by atoms with Crippen molar-refractivity contribution in [2.24, 2.45) is 17.3 Å². The molecule has 0 radical (unpaired) electrons. The fourth-order valence-corrected chi connectivity index (χ4v) is 3.02. The molecule has 0 aromatic heterocycles. The molecule has 0 N–H and O–H groups in total. The van der Waals surface area contributed by atoms with Crippen LogP contribution in [0.2, 0.25) is 0 Å². The van der Waals surface area contributed by atoms with Crippen LogP contribution in [0.25, 0.3) is 0 Å². The van der Waals surface area contributed by atoms with Crippen LogP contribution < -0.4 is 0 Å². The average Bonchev–Trinajstić information content (AvgIpc) is 3.22. The number of nitrogens with zero attached hydrogens (tertiary/aromatic N) is 1. The Hall–Kier alpha value is -0.790. The molecule has 1 amide bonds. The highest BCUT2D eigenvalue weighted by Crippen LogP contribution is 2.56. The van der Waals surface area contributed by atoms with Crippen molar-refractivity contribution in [2.75, 3.05) is 13.1 Å². The maximum Gasteiger partial charge on any atom is 0.225 e. The number of hydrogen-bond donors (Lipinski definition) is 0. The molecule has 2 nitrogen and oxygen atoms in total. The van der Waals surface area contributed by atoms with Crippen LogP contribution >= 0.6 is 0 Å². The first-order valence-corrected chi connectivity index (χ1v) is 7.88. The maximum atomic E-state index is 12.1. The molecule has 0 aromatic rings. The minimum atomic E-state index is 0.371. The van der Waals surface area contributed by atoms with E-state index in [0.29, 0.717) is 17.2 Å². The largest absolute Gasteiger partial charge is 0.342 e. The molecule has 0 heterocycles. The van der Waals surface area contributed by atoms with Gasteiger partial charge in [0, 0.05) is 19.0 Å². The lowest BCUT2D eigenvalue weighted by Gasteiger charge is -2.22. The Morgan fingerprint density at radius 3 is 2.58 bits per heavy atom. The summed E-state index contributed by atoms with van der Waals surface area (Å²) in [6.45, 7) is 10.7. The molecule has 0 aliphatic heterocycles. The smallest absolute Gasteiger partial charge is 0.225 e. The molecule has 2 heteroatoms. The van der Waals surface area contributed by atoms with Gasteiger partial charge in [0.2, 0.25) is 5.91 Å². The van der Waals surface area contributed by atoms with E-state index in [0.717, 1.165) is 31.8 Å². The summed E-state index contributed by atoms with van der Waals surface area (Å²) >= 11 is 0. The number of hydrogen-bond acceptors (Lipinski definition) is 1. The van der Waals surface area contributed by atoms with E-state index in [4.69, 9.17) is 0 Å². The van der Waals surface area contributed by atoms with E-state index in [1.54, 1.807) is 0 Å². The molecule has 2 fully saturated rings. The van der Waals surface area contributed by atoms with Crippen molar-refractivity contribution in [2.45, 2.75) is 59.8 Å². The zero-order valence-electron chi connectivity index (χ0n) is 13.0. The van der Waals surface area contributed by atoms with Crippen LogP contribution in [0.4, 0.5) is 0 Å². The van der Waals surface area contributed by atoms with Crippen LogP contribution in [0, 0.1) is 17.3 Å². The first-order chi connectivity index (χ1) is 8.96. The number of allylic oxidation sites excluding steroid dienone is 2. The second kappa shape index (κ2) is 5.68. The molecule has 2 saturated carbocycles. The van der Waals surface area contributed by atoms with Crippen LogP contribution in [0.15, 0.2) is 11.6 Å². The van der Waals surface area contributed by atoms with Gasteiger partial charge in [0.15, 0.2) is 0 Å². The molecule has 0 bridgehead atoms. The predicted octanol–water partition coefficient (Wildman–Crippen LogP) is 4.02. The Kier molecular flexibility index (Phi) is 4.37. The Morgan fingerprint density at radius 1 is 1.37 bits per heavy atom. The van der Waals surface area contributed by atoms with Crippen LogP contribution in [0.1, 0.15) is 59.8 Å². The fourth-order valence-electron chi connectivity index (χ4n) is 3.02. The Balaban J connectivity index is 1.77. The van der Waals surface area contributed by atoms with Crippen molar-refractivity contribution in [3.63, 3.8) is 0 Å². The van der Waals surface area contributed by atoms with Crippen LogP contribution in [0.3, 0.4) is 0 Å². The third kappa shape index (κ3) is 3.84. The van der Waals surface area contributed by atoms with Gasteiger partial charge in [-0.1, -0.05) is 18.6 Å². The normalized spacial score (nSPS) is 28.9. The lowest BCUT2D eigenvalue weighted by Crippen LogP contribution is -2.34. The van der Waals surface area contributed by atoms with Crippen molar-refractivity contribution >= 4 is 5.91 Å². The van der Waals surface area contributed by atoms with Crippen molar-refractivity contribution in [3.05, 3.63) is 11.6 Å². The lowest BCUT2D eigenvalue weighted by atomic mass is 9.98. The summed E-state index contributed by atoms with van der Waals surface area (Å²) in [5, 5.41) is 0. The molecule has 2 unspecified atom stereocenters. The predicted molar refractivity (Wildman–Crippen MR) is 79.9 cm³/mol. The summed E-state index contributed by atoms with van der Waals surface area (Å²) in [4.78, 5) is 14.2. The molecular formula is C17H29NO. The van der Waals surface area contributed by atoms with E-state index >= 15 is 0 Å². The highest BCUT2D eigenvalue weighted by molar-refractivity contribution is 5.81. The summed E-state index contributed by atoms with van der Waals surface area (Å²) in [5.41, 5.74) is 1.91. The van der Waals surface area contributed by atoms with E-state index in [2.05, 4.69) is 38.7 Å². The van der Waals surface area contributed by atoms with Crippen LogP contribution in [0.5, 0.6) is 0 Å². The standard InChI is InChI=1S/C17H29NO/c1-5-18(16(19)14-8-9-14)12-15-11-17(15,4)10-6-7-13(2)3/h7,14-15H,5-6,8-12H2,1-4H3. The van der Waals surface area contributed by atoms with Crippen molar-refractivity contribution in [3.8, 4) is 0 Å². The van der Waals surface area contributed by atoms with Gasteiger partial charge in [-0.05, 0) is 64.2 Å². The highest BCUT2D eigenvalue weighted by Gasteiger charge is 2.50. The van der Waals surface area contributed by atoms with Gasteiger partial charge in [0.05, 0.1) is 0 Å². The second-order valence-electron chi connectivity index (χ2n) is 7.03. The summed E-state index contributed by atoms with van der Waals surface area (Å²) in [6.07, 6.45) is 8.36. The van der Waals surface area contributed by atoms with Crippen molar-refractivity contribution < 1.29 is 4.79 Å². The zero-order valence-corrected chi connectivity index (χ0v) is 13.0. The summed E-state index contributed by atoms with van der Waals surface area (Å²) in [7, 11) is 0. The molecular weight excluding hydrogens is 234 g/mol. The molecule has 0 aromatic carbocycles. The van der Waals surface area contributed by atoms with Crippen LogP contribution in [-0.2, 0) is 4.79 Å². The number of carbonyl (C=O) groups excluding carboxylic acids is 1. The van der Waals surface area contributed by atoms with E-state index in [9.17, 15) is 4.79 Å². The van der Waals surface area contributed by atoms with Gasteiger partial charge in [-0.15, -0.1) is 0 Å². The van der Waals surface area contributed by atoms with E-state index < -0.39 is 0 Å². The molecule has 0 spiro atoms. The number of rotatable bonds is 7. The summed E-state index contributed by atoms with van der Waals surface area (Å²) in [5.74, 6) is 1.53. The molecule has 2 atom stereocenters. The minimum Gasteiger partial charge on any atom is -0.342 e. The van der Waals surface area contributed by atoms with Crippen LogP contribution in [-0.4, -0.2) is 23.9 Å². The number of carbonyl (C=O) groups is 1. The fraction of sp³-hybridized carbons (Fsp3) is 0.824. The first kappa shape index (κ1) is 14.6.